The Morgan fingerprint density at radius 3 is 2.81 bits per heavy atom. The minimum absolute atomic E-state index is 0.410. The minimum Gasteiger partial charge on any atom is -0.496 e. The zero-order valence-corrected chi connectivity index (χ0v) is 15.2. The predicted molar refractivity (Wildman–Crippen MR) is 102 cm³/mol. The van der Waals surface area contributed by atoms with Crippen LogP contribution in [0.2, 0.25) is 0 Å². The van der Waals surface area contributed by atoms with Crippen molar-refractivity contribution in [1.29, 1.82) is 0 Å². The van der Waals surface area contributed by atoms with E-state index in [4.69, 9.17) is 10.5 Å². The molecular formula is C20H24FN3O2. The fourth-order valence-corrected chi connectivity index (χ4v) is 2.72. The maximum Gasteiger partial charge on any atom is 0.126 e. The molecule has 2 aromatic rings. The van der Waals surface area contributed by atoms with Crippen molar-refractivity contribution in [3.05, 3.63) is 59.2 Å². The average molecular weight is 357 g/mol. The van der Waals surface area contributed by atoms with E-state index in [0.717, 1.165) is 11.1 Å². The third-order valence-electron chi connectivity index (χ3n) is 3.99. The largest absolute Gasteiger partial charge is 0.496 e. The molecule has 0 fully saturated rings. The maximum absolute atomic E-state index is 13.7. The van der Waals surface area contributed by atoms with Gasteiger partial charge in [-0.25, -0.2) is 4.39 Å². The van der Waals surface area contributed by atoms with Gasteiger partial charge in [0.25, 0.3) is 0 Å². The van der Waals surface area contributed by atoms with E-state index < -0.39 is 11.9 Å². The summed E-state index contributed by atoms with van der Waals surface area (Å²) in [6.45, 7) is 4.18. The SMILES string of the molecule is CCN=CC(=CN)Cc1c(OC)ccnc1-c1ccc(F)cc1[C@@H](C)O. The second kappa shape index (κ2) is 9.10. The van der Waals surface area contributed by atoms with Gasteiger partial charge >= 0.3 is 0 Å². The molecule has 5 nitrogen and oxygen atoms in total. The van der Waals surface area contributed by atoms with Crippen molar-refractivity contribution in [2.24, 2.45) is 10.7 Å². The van der Waals surface area contributed by atoms with Gasteiger partial charge in [-0.3, -0.25) is 9.98 Å². The monoisotopic (exact) mass is 357 g/mol. The van der Waals surface area contributed by atoms with E-state index in [2.05, 4.69) is 9.98 Å². The summed E-state index contributed by atoms with van der Waals surface area (Å²) in [7, 11) is 1.58. The fraction of sp³-hybridized carbons (Fsp3) is 0.300. The summed E-state index contributed by atoms with van der Waals surface area (Å²) < 4.78 is 19.2. The number of aliphatic hydroxyl groups is 1. The number of nitrogens with zero attached hydrogens (tertiary/aromatic N) is 2. The Hall–Kier alpha value is -2.73. The first-order chi connectivity index (χ1) is 12.5. The first kappa shape index (κ1) is 19.6. The van der Waals surface area contributed by atoms with Gasteiger partial charge in [-0.05, 0) is 55.4 Å². The predicted octanol–water partition coefficient (Wildman–Crippen LogP) is 3.43. The molecule has 1 atom stereocenters. The van der Waals surface area contributed by atoms with Crippen LogP contribution in [0.4, 0.5) is 4.39 Å². The zero-order valence-electron chi connectivity index (χ0n) is 15.2. The number of pyridine rings is 1. The van der Waals surface area contributed by atoms with Gasteiger partial charge in [0.1, 0.15) is 11.6 Å². The van der Waals surface area contributed by atoms with Crippen LogP contribution in [-0.2, 0) is 6.42 Å². The molecule has 0 unspecified atom stereocenters. The van der Waals surface area contributed by atoms with Gasteiger partial charge in [0.2, 0.25) is 0 Å². The van der Waals surface area contributed by atoms with Crippen LogP contribution in [0.15, 0.2) is 47.2 Å². The van der Waals surface area contributed by atoms with Crippen LogP contribution < -0.4 is 10.5 Å². The van der Waals surface area contributed by atoms with Crippen molar-refractivity contribution in [1.82, 2.24) is 4.98 Å². The van der Waals surface area contributed by atoms with Crippen molar-refractivity contribution in [3.8, 4) is 17.0 Å². The summed E-state index contributed by atoms with van der Waals surface area (Å²) in [5.41, 5.74) is 9.07. The molecular weight excluding hydrogens is 333 g/mol. The summed E-state index contributed by atoms with van der Waals surface area (Å²) >= 11 is 0. The average Bonchev–Trinajstić information content (AvgIpc) is 2.65. The van der Waals surface area contributed by atoms with Crippen LogP contribution in [0.1, 0.15) is 31.1 Å². The summed E-state index contributed by atoms with van der Waals surface area (Å²) in [4.78, 5) is 8.70. The lowest BCUT2D eigenvalue weighted by Crippen LogP contribution is -2.05. The van der Waals surface area contributed by atoms with E-state index in [0.29, 0.717) is 35.5 Å². The first-order valence-corrected chi connectivity index (χ1v) is 8.42. The number of rotatable bonds is 7. The minimum atomic E-state index is -0.840. The Bertz CT molecular complexity index is 817. The molecule has 0 bridgehead atoms. The van der Waals surface area contributed by atoms with Crippen LogP contribution in [-0.4, -0.2) is 30.0 Å². The Morgan fingerprint density at radius 2 is 2.19 bits per heavy atom. The van der Waals surface area contributed by atoms with Gasteiger partial charge in [0.05, 0.1) is 18.9 Å². The van der Waals surface area contributed by atoms with Crippen LogP contribution >= 0.6 is 0 Å². The Kier molecular flexibility index (Phi) is 6.86. The highest BCUT2D eigenvalue weighted by Gasteiger charge is 2.18. The van der Waals surface area contributed by atoms with E-state index >= 15 is 0 Å². The molecule has 0 aliphatic carbocycles. The van der Waals surface area contributed by atoms with Crippen LogP contribution in [0.3, 0.4) is 0 Å². The lowest BCUT2D eigenvalue weighted by molar-refractivity contribution is 0.199. The van der Waals surface area contributed by atoms with Gasteiger partial charge in [-0.1, -0.05) is 0 Å². The van der Waals surface area contributed by atoms with E-state index in [1.807, 2.05) is 6.92 Å². The first-order valence-electron chi connectivity index (χ1n) is 8.42. The van der Waals surface area contributed by atoms with E-state index in [9.17, 15) is 9.50 Å². The molecule has 0 radical (unpaired) electrons. The standard InChI is InChI=1S/C20H24FN3O2/c1-4-23-12-14(11-22)9-18-19(26-3)7-8-24-20(18)16-6-5-15(21)10-17(16)13(2)25/h5-8,10-13,25H,4,9,22H2,1-3H3/t13-/m1/s1. The molecule has 0 saturated carbocycles. The number of nitrogens with two attached hydrogens (primary N) is 1. The molecule has 6 heteroatoms. The molecule has 26 heavy (non-hydrogen) atoms. The van der Waals surface area contributed by atoms with Gasteiger partial charge < -0.3 is 15.6 Å². The third kappa shape index (κ3) is 4.46. The van der Waals surface area contributed by atoms with Crippen LogP contribution in [0.5, 0.6) is 5.75 Å². The van der Waals surface area contributed by atoms with Crippen LogP contribution in [0.25, 0.3) is 11.3 Å². The van der Waals surface area contributed by atoms with Crippen molar-refractivity contribution >= 4 is 6.21 Å². The lowest BCUT2D eigenvalue weighted by atomic mass is 9.94. The topological polar surface area (TPSA) is 80.7 Å². The number of halogens is 1. The molecule has 0 aliphatic rings. The fourth-order valence-electron chi connectivity index (χ4n) is 2.72. The number of ether oxygens (including phenoxy) is 1. The van der Waals surface area contributed by atoms with Gasteiger partial charge in [0, 0.05) is 36.5 Å². The number of benzene rings is 1. The molecule has 138 valence electrons. The number of hydrogen-bond donors (Lipinski definition) is 2. The number of methoxy groups -OCH3 is 1. The maximum atomic E-state index is 13.7. The lowest BCUT2D eigenvalue weighted by Gasteiger charge is -2.17. The second-order valence-corrected chi connectivity index (χ2v) is 5.79. The number of aliphatic imine (C=N–C) groups is 1. The highest BCUT2D eigenvalue weighted by atomic mass is 19.1. The number of aromatic nitrogens is 1. The highest BCUT2D eigenvalue weighted by molar-refractivity contribution is 5.81. The second-order valence-electron chi connectivity index (χ2n) is 5.79. The molecule has 0 saturated heterocycles. The van der Waals surface area contributed by atoms with Crippen LogP contribution in [0, 0.1) is 5.82 Å². The molecule has 3 N–H and O–H groups in total. The van der Waals surface area contributed by atoms with E-state index in [-0.39, 0.29) is 0 Å². The van der Waals surface area contributed by atoms with E-state index in [1.165, 1.54) is 18.3 Å². The van der Waals surface area contributed by atoms with Gasteiger partial charge in [-0.15, -0.1) is 0 Å². The summed E-state index contributed by atoms with van der Waals surface area (Å²) in [5.74, 6) is 0.229. The number of aliphatic hydroxyl groups excluding tert-OH is 1. The van der Waals surface area contributed by atoms with Crippen molar-refractivity contribution in [2.45, 2.75) is 26.4 Å². The molecule has 2 rings (SSSR count). The summed E-state index contributed by atoms with van der Waals surface area (Å²) in [6, 6.07) is 6.05. The third-order valence-corrected chi connectivity index (χ3v) is 3.99. The quantitative estimate of drug-likeness (QED) is 0.744. The van der Waals surface area contributed by atoms with Crippen molar-refractivity contribution in [3.63, 3.8) is 0 Å². The van der Waals surface area contributed by atoms with E-state index in [1.54, 1.807) is 38.6 Å². The molecule has 1 aromatic carbocycles. The summed E-state index contributed by atoms with van der Waals surface area (Å²) in [6.07, 6.45) is 4.45. The van der Waals surface area contributed by atoms with Crippen molar-refractivity contribution in [2.75, 3.05) is 13.7 Å². The van der Waals surface area contributed by atoms with Crippen molar-refractivity contribution < 1.29 is 14.2 Å². The Balaban J connectivity index is 2.62. The molecule has 0 spiro atoms. The highest BCUT2D eigenvalue weighted by Crippen LogP contribution is 2.34. The normalized spacial score (nSPS) is 13.2. The molecule has 1 heterocycles. The molecule has 1 aromatic heterocycles. The smallest absolute Gasteiger partial charge is 0.126 e. The summed E-state index contributed by atoms with van der Waals surface area (Å²) in [5, 5.41) is 10.1. The Labute approximate surface area is 153 Å². The number of hydrogen-bond acceptors (Lipinski definition) is 5. The zero-order chi connectivity index (χ0) is 19.1. The molecule has 0 aliphatic heterocycles. The van der Waals surface area contributed by atoms with Gasteiger partial charge in [0.15, 0.2) is 0 Å². The molecule has 0 amide bonds. The number of allylic oxidation sites excluding steroid dienone is 1. The van der Waals surface area contributed by atoms with Gasteiger partial charge in [-0.2, -0.15) is 0 Å². The Morgan fingerprint density at radius 1 is 1.42 bits per heavy atom.